The van der Waals surface area contributed by atoms with Gasteiger partial charge in [0.25, 0.3) is 0 Å². The summed E-state index contributed by atoms with van der Waals surface area (Å²) in [6.45, 7) is 1.58. The lowest BCUT2D eigenvalue weighted by Crippen LogP contribution is -2.26. The van der Waals surface area contributed by atoms with E-state index in [2.05, 4.69) is 4.72 Å². The summed E-state index contributed by atoms with van der Waals surface area (Å²) in [5.41, 5.74) is 0.0572. The maximum Gasteiger partial charge on any atom is 0.249 e. The van der Waals surface area contributed by atoms with E-state index in [4.69, 9.17) is 16.9 Å². The number of nitrogens with one attached hydrogen (secondary N) is 1. The molecule has 0 fully saturated rings. The average Bonchev–Trinajstić information content (AvgIpc) is 2.23. The van der Waals surface area contributed by atoms with Crippen LogP contribution >= 0.6 is 11.6 Å². The van der Waals surface area contributed by atoms with Gasteiger partial charge in [-0.2, -0.15) is 5.26 Å². The standard InChI is InChI=1S/C10H10ClFN2O2S/c1-2-8(6-13)17(15,16)14-10-4-3-7(12)5-9(10)11/h3-5,8,14H,2H2,1H3. The smallest absolute Gasteiger partial charge is 0.249 e. The molecule has 92 valence electrons. The number of anilines is 1. The second kappa shape index (κ2) is 5.34. The summed E-state index contributed by atoms with van der Waals surface area (Å²) in [5.74, 6) is -0.565. The topological polar surface area (TPSA) is 70.0 Å². The maximum atomic E-state index is 12.8. The molecule has 0 heterocycles. The Morgan fingerprint density at radius 1 is 1.59 bits per heavy atom. The van der Waals surface area contributed by atoms with Crippen LogP contribution in [0.3, 0.4) is 0 Å². The predicted molar refractivity (Wildman–Crippen MR) is 63.6 cm³/mol. The van der Waals surface area contributed by atoms with Gasteiger partial charge in [0.15, 0.2) is 5.25 Å². The number of benzene rings is 1. The Morgan fingerprint density at radius 3 is 2.71 bits per heavy atom. The van der Waals surface area contributed by atoms with Gasteiger partial charge in [-0.1, -0.05) is 18.5 Å². The molecule has 1 N–H and O–H groups in total. The van der Waals surface area contributed by atoms with E-state index >= 15 is 0 Å². The first-order valence-electron chi connectivity index (χ1n) is 4.77. The predicted octanol–water partition coefficient (Wildman–Crippen LogP) is 2.52. The van der Waals surface area contributed by atoms with Gasteiger partial charge in [-0.25, -0.2) is 12.8 Å². The summed E-state index contributed by atoms with van der Waals surface area (Å²) in [5, 5.41) is 7.47. The van der Waals surface area contributed by atoms with E-state index in [0.29, 0.717) is 0 Å². The Labute approximate surface area is 104 Å². The molecular weight excluding hydrogens is 267 g/mol. The molecule has 0 aliphatic carbocycles. The highest BCUT2D eigenvalue weighted by atomic mass is 35.5. The Morgan fingerprint density at radius 2 is 2.24 bits per heavy atom. The number of rotatable bonds is 4. The van der Waals surface area contributed by atoms with Crippen molar-refractivity contribution in [2.75, 3.05) is 4.72 Å². The van der Waals surface area contributed by atoms with Crippen LogP contribution in [-0.4, -0.2) is 13.7 Å². The zero-order valence-corrected chi connectivity index (χ0v) is 10.5. The van der Waals surface area contributed by atoms with Crippen molar-refractivity contribution in [1.29, 1.82) is 5.26 Å². The Balaban J connectivity index is 3.03. The molecule has 1 unspecified atom stereocenters. The molecule has 0 radical (unpaired) electrons. The van der Waals surface area contributed by atoms with Crippen molar-refractivity contribution in [3.63, 3.8) is 0 Å². The highest BCUT2D eigenvalue weighted by molar-refractivity contribution is 7.93. The summed E-state index contributed by atoms with van der Waals surface area (Å²) in [6, 6.07) is 4.96. The fraction of sp³-hybridized carbons (Fsp3) is 0.300. The Hall–Kier alpha value is -1.32. The molecule has 1 aromatic carbocycles. The lowest BCUT2D eigenvalue weighted by molar-refractivity contribution is 0.592. The summed E-state index contributed by atoms with van der Waals surface area (Å²) < 4.78 is 38.4. The highest BCUT2D eigenvalue weighted by Crippen LogP contribution is 2.24. The van der Waals surface area contributed by atoms with E-state index in [9.17, 15) is 12.8 Å². The number of nitrogens with zero attached hydrogens (tertiary/aromatic N) is 1. The molecule has 0 amide bonds. The van der Waals surface area contributed by atoms with Crippen LogP contribution in [0.4, 0.5) is 10.1 Å². The zero-order valence-electron chi connectivity index (χ0n) is 8.94. The molecule has 17 heavy (non-hydrogen) atoms. The van der Waals surface area contributed by atoms with Gasteiger partial charge in [0.05, 0.1) is 16.8 Å². The van der Waals surface area contributed by atoms with Gasteiger partial charge in [-0.05, 0) is 24.6 Å². The van der Waals surface area contributed by atoms with Gasteiger partial charge in [0, 0.05) is 0 Å². The fourth-order valence-electron chi connectivity index (χ4n) is 1.18. The van der Waals surface area contributed by atoms with Crippen LogP contribution < -0.4 is 4.72 Å². The Kier molecular flexibility index (Phi) is 4.32. The molecule has 1 aromatic rings. The van der Waals surface area contributed by atoms with E-state index in [1.807, 2.05) is 0 Å². The van der Waals surface area contributed by atoms with Crippen LogP contribution in [0.15, 0.2) is 18.2 Å². The lowest BCUT2D eigenvalue weighted by Gasteiger charge is -2.12. The molecule has 0 aromatic heterocycles. The van der Waals surface area contributed by atoms with E-state index in [-0.39, 0.29) is 17.1 Å². The van der Waals surface area contributed by atoms with Crippen molar-refractivity contribution in [1.82, 2.24) is 0 Å². The lowest BCUT2D eigenvalue weighted by atomic mass is 10.3. The van der Waals surface area contributed by atoms with Crippen LogP contribution in [-0.2, 0) is 10.0 Å². The minimum absolute atomic E-state index is 0.0543. The highest BCUT2D eigenvalue weighted by Gasteiger charge is 2.24. The van der Waals surface area contributed by atoms with Crippen molar-refractivity contribution in [2.24, 2.45) is 0 Å². The SMILES string of the molecule is CCC(C#N)S(=O)(=O)Nc1ccc(F)cc1Cl. The van der Waals surface area contributed by atoms with E-state index in [0.717, 1.165) is 12.1 Å². The van der Waals surface area contributed by atoms with Gasteiger partial charge in [-0.15, -0.1) is 0 Å². The molecule has 0 saturated carbocycles. The minimum Gasteiger partial charge on any atom is -0.281 e. The molecule has 7 heteroatoms. The third-order valence-electron chi connectivity index (χ3n) is 2.07. The van der Waals surface area contributed by atoms with Crippen molar-refractivity contribution in [3.05, 3.63) is 29.0 Å². The van der Waals surface area contributed by atoms with Crippen molar-refractivity contribution >= 4 is 27.3 Å². The molecule has 4 nitrogen and oxygen atoms in total. The first-order valence-corrected chi connectivity index (χ1v) is 6.69. The molecule has 0 bridgehead atoms. The molecule has 0 aliphatic rings. The third-order valence-corrected chi connectivity index (χ3v) is 4.08. The van der Waals surface area contributed by atoms with Gasteiger partial charge in [0.2, 0.25) is 10.0 Å². The summed E-state index contributed by atoms with van der Waals surface area (Å²) in [4.78, 5) is 0. The van der Waals surface area contributed by atoms with E-state index in [1.54, 1.807) is 13.0 Å². The number of nitriles is 1. The minimum atomic E-state index is -3.83. The van der Waals surface area contributed by atoms with Gasteiger partial charge < -0.3 is 0 Å². The van der Waals surface area contributed by atoms with Gasteiger partial charge in [0.1, 0.15) is 5.82 Å². The molecule has 0 spiro atoms. The van der Waals surface area contributed by atoms with Crippen LogP contribution in [0.25, 0.3) is 0 Å². The first kappa shape index (κ1) is 13.7. The molecule has 0 aliphatic heterocycles. The normalized spacial score (nSPS) is 12.8. The fourth-order valence-corrected chi connectivity index (χ4v) is 2.65. The molecule has 1 atom stereocenters. The average molecular weight is 277 g/mol. The van der Waals surface area contributed by atoms with Gasteiger partial charge in [-0.3, -0.25) is 4.72 Å². The molecule has 0 saturated heterocycles. The number of hydrogen-bond acceptors (Lipinski definition) is 3. The van der Waals surface area contributed by atoms with Gasteiger partial charge >= 0.3 is 0 Å². The van der Waals surface area contributed by atoms with E-state index in [1.165, 1.54) is 6.07 Å². The van der Waals surface area contributed by atoms with E-state index < -0.39 is 21.1 Å². The second-order valence-corrected chi connectivity index (χ2v) is 5.57. The Bertz CT molecular complexity index is 554. The number of sulfonamides is 1. The summed E-state index contributed by atoms with van der Waals surface area (Å²) >= 11 is 5.68. The monoisotopic (exact) mass is 276 g/mol. The van der Waals surface area contributed by atoms with Crippen molar-refractivity contribution in [2.45, 2.75) is 18.6 Å². The van der Waals surface area contributed by atoms with Crippen LogP contribution in [0.2, 0.25) is 5.02 Å². The van der Waals surface area contributed by atoms with Crippen molar-refractivity contribution in [3.8, 4) is 6.07 Å². The van der Waals surface area contributed by atoms with Crippen molar-refractivity contribution < 1.29 is 12.8 Å². The first-order chi connectivity index (χ1) is 7.90. The third kappa shape index (κ3) is 3.32. The van der Waals surface area contributed by atoms with Crippen LogP contribution in [0.1, 0.15) is 13.3 Å². The summed E-state index contributed by atoms with van der Waals surface area (Å²) in [7, 11) is -3.83. The quantitative estimate of drug-likeness (QED) is 0.919. The zero-order chi connectivity index (χ0) is 13.1. The van der Waals surface area contributed by atoms with Crippen LogP contribution in [0, 0.1) is 17.1 Å². The molecule has 1 rings (SSSR count). The number of hydrogen-bond donors (Lipinski definition) is 1. The molecular formula is C10H10ClFN2O2S. The number of halogens is 2. The van der Waals surface area contributed by atoms with Crippen LogP contribution in [0.5, 0.6) is 0 Å². The summed E-state index contributed by atoms with van der Waals surface area (Å²) in [6.07, 6.45) is 0.157. The maximum absolute atomic E-state index is 12.8. The second-order valence-electron chi connectivity index (χ2n) is 3.30. The largest absolute Gasteiger partial charge is 0.281 e.